The molecule has 34 heavy (non-hydrogen) atoms. The van der Waals surface area contributed by atoms with E-state index in [1.165, 1.54) is 4.31 Å². The third-order valence-electron chi connectivity index (χ3n) is 6.50. The first kappa shape index (κ1) is 24.8. The Labute approximate surface area is 203 Å². The summed E-state index contributed by atoms with van der Waals surface area (Å²) in [5, 5.41) is 0. The molecule has 8 nitrogen and oxygen atoms in total. The first-order chi connectivity index (χ1) is 16.1. The molecule has 2 aliphatic rings. The summed E-state index contributed by atoms with van der Waals surface area (Å²) in [6.07, 6.45) is 1.56. The van der Waals surface area contributed by atoms with Crippen LogP contribution in [-0.4, -0.2) is 75.7 Å². The minimum absolute atomic E-state index is 0.132. The number of aryl methyl sites for hydroxylation is 2. The van der Waals surface area contributed by atoms with Crippen LogP contribution in [0.15, 0.2) is 62.7 Å². The summed E-state index contributed by atoms with van der Waals surface area (Å²) in [7, 11) is -7.66. The third kappa shape index (κ3) is 5.19. The molecule has 184 valence electrons. The molecule has 2 heterocycles. The molecule has 1 unspecified atom stereocenters. The average molecular weight is 505 g/mol. The second-order valence-corrected chi connectivity index (χ2v) is 12.5. The van der Waals surface area contributed by atoms with E-state index >= 15 is 0 Å². The Hall–Kier alpha value is -2.27. The Kier molecular flexibility index (Phi) is 7.14. The topological polar surface area (TPSA) is 90.4 Å². The molecule has 2 saturated heterocycles. The van der Waals surface area contributed by atoms with Gasteiger partial charge in [-0.3, -0.25) is 4.90 Å². The van der Waals surface area contributed by atoms with Crippen molar-refractivity contribution in [1.82, 2.24) is 14.1 Å². The molecule has 0 aromatic heterocycles. The number of hydrogen-bond acceptors (Lipinski definition) is 5. The van der Waals surface area contributed by atoms with Gasteiger partial charge in [0.2, 0.25) is 10.0 Å². The van der Waals surface area contributed by atoms with E-state index in [0.717, 1.165) is 37.1 Å². The highest BCUT2D eigenvalue weighted by molar-refractivity contribution is 7.90. The SMILES string of the molecule is Cc1ccc(S(=O)(=O)/N=C(/CN2CCCC2)N2CCN(S(=O)(=O)c3ccc(C)cc3)C2C)cc1. The molecule has 0 bridgehead atoms. The minimum Gasteiger partial charge on any atom is -0.340 e. The van der Waals surface area contributed by atoms with Crippen LogP contribution in [0.5, 0.6) is 0 Å². The summed E-state index contributed by atoms with van der Waals surface area (Å²) in [5.41, 5.74) is 1.95. The summed E-state index contributed by atoms with van der Waals surface area (Å²) in [5.74, 6) is 0.386. The molecule has 2 fully saturated rings. The van der Waals surface area contributed by atoms with Gasteiger partial charge in [-0.2, -0.15) is 12.7 Å². The molecule has 2 aromatic carbocycles. The van der Waals surface area contributed by atoms with Crippen LogP contribution in [0.2, 0.25) is 0 Å². The Morgan fingerprint density at radius 3 is 1.91 bits per heavy atom. The smallest absolute Gasteiger partial charge is 0.283 e. The molecule has 2 aliphatic heterocycles. The highest BCUT2D eigenvalue weighted by atomic mass is 32.2. The van der Waals surface area contributed by atoms with E-state index in [2.05, 4.69) is 9.30 Å². The Balaban J connectivity index is 1.66. The van der Waals surface area contributed by atoms with Crippen LogP contribution in [0, 0.1) is 13.8 Å². The maximum Gasteiger partial charge on any atom is 0.283 e. The lowest BCUT2D eigenvalue weighted by Crippen LogP contribution is -2.46. The van der Waals surface area contributed by atoms with Gasteiger partial charge in [0.1, 0.15) is 5.84 Å². The summed E-state index contributed by atoms with van der Waals surface area (Å²) >= 11 is 0. The van der Waals surface area contributed by atoms with E-state index in [1.54, 1.807) is 55.5 Å². The molecule has 2 aromatic rings. The summed E-state index contributed by atoms with van der Waals surface area (Å²) in [4.78, 5) is 4.36. The van der Waals surface area contributed by atoms with Gasteiger partial charge < -0.3 is 4.90 Å². The quantitative estimate of drug-likeness (QED) is 0.444. The first-order valence-corrected chi connectivity index (χ1v) is 14.4. The van der Waals surface area contributed by atoms with Crippen molar-refractivity contribution in [2.45, 2.75) is 49.6 Å². The van der Waals surface area contributed by atoms with Crippen LogP contribution in [0.1, 0.15) is 30.9 Å². The molecule has 0 N–H and O–H groups in total. The van der Waals surface area contributed by atoms with Gasteiger partial charge in [0, 0.05) is 13.1 Å². The number of rotatable bonds is 6. The fraction of sp³-hybridized carbons (Fsp3) is 0.458. The van der Waals surface area contributed by atoms with Gasteiger partial charge in [0.05, 0.1) is 22.5 Å². The predicted molar refractivity (Wildman–Crippen MR) is 133 cm³/mol. The van der Waals surface area contributed by atoms with E-state index in [0.29, 0.717) is 18.9 Å². The zero-order chi connectivity index (χ0) is 24.5. The average Bonchev–Trinajstić information content (AvgIpc) is 3.43. The van der Waals surface area contributed by atoms with Gasteiger partial charge >= 0.3 is 0 Å². The van der Waals surface area contributed by atoms with Crippen molar-refractivity contribution in [3.8, 4) is 0 Å². The molecule has 10 heteroatoms. The number of hydrogen-bond donors (Lipinski definition) is 0. The van der Waals surface area contributed by atoms with Crippen molar-refractivity contribution in [2.75, 3.05) is 32.7 Å². The van der Waals surface area contributed by atoms with E-state index in [9.17, 15) is 16.8 Å². The molecule has 0 saturated carbocycles. The van der Waals surface area contributed by atoms with E-state index in [4.69, 9.17) is 0 Å². The third-order valence-corrected chi connectivity index (χ3v) is 9.79. The molecule has 0 spiro atoms. The van der Waals surface area contributed by atoms with Gasteiger partial charge in [0.15, 0.2) is 0 Å². The lowest BCUT2D eigenvalue weighted by molar-refractivity contribution is 0.286. The Morgan fingerprint density at radius 2 is 1.35 bits per heavy atom. The first-order valence-electron chi connectivity index (χ1n) is 11.6. The van der Waals surface area contributed by atoms with Gasteiger partial charge in [-0.15, -0.1) is 4.40 Å². The van der Waals surface area contributed by atoms with Crippen LogP contribution >= 0.6 is 0 Å². The Morgan fingerprint density at radius 1 is 0.824 bits per heavy atom. The summed E-state index contributed by atoms with van der Waals surface area (Å²) < 4.78 is 58.7. The summed E-state index contributed by atoms with van der Waals surface area (Å²) in [6.45, 7) is 8.35. The van der Waals surface area contributed by atoms with Crippen LogP contribution in [-0.2, 0) is 20.0 Å². The molecule has 1 atom stereocenters. The monoisotopic (exact) mass is 504 g/mol. The number of nitrogens with zero attached hydrogens (tertiary/aromatic N) is 4. The van der Waals surface area contributed by atoms with Crippen molar-refractivity contribution in [1.29, 1.82) is 0 Å². The number of sulfonamides is 2. The van der Waals surface area contributed by atoms with E-state index in [-0.39, 0.29) is 16.3 Å². The zero-order valence-corrected chi connectivity index (χ0v) is 21.5. The van der Waals surface area contributed by atoms with Crippen molar-refractivity contribution in [3.63, 3.8) is 0 Å². The Bertz CT molecular complexity index is 1250. The van der Waals surface area contributed by atoms with Gasteiger partial charge in [-0.05, 0) is 71.0 Å². The van der Waals surface area contributed by atoms with Crippen LogP contribution in [0.25, 0.3) is 0 Å². The van der Waals surface area contributed by atoms with E-state index < -0.39 is 26.2 Å². The maximum atomic E-state index is 13.3. The maximum absolute atomic E-state index is 13.3. The predicted octanol–water partition coefficient (Wildman–Crippen LogP) is 2.84. The van der Waals surface area contributed by atoms with Crippen molar-refractivity contribution >= 4 is 25.9 Å². The van der Waals surface area contributed by atoms with Crippen molar-refractivity contribution in [2.24, 2.45) is 4.40 Å². The van der Waals surface area contributed by atoms with E-state index in [1.807, 2.05) is 18.7 Å². The number of likely N-dealkylation sites (tertiary alicyclic amines) is 1. The molecular formula is C24H32N4O4S2. The molecule has 0 aliphatic carbocycles. The largest absolute Gasteiger partial charge is 0.340 e. The van der Waals surface area contributed by atoms with Gasteiger partial charge in [-0.1, -0.05) is 35.4 Å². The van der Waals surface area contributed by atoms with Crippen molar-refractivity contribution in [3.05, 3.63) is 59.7 Å². The molecule has 4 rings (SSSR count). The van der Waals surface area contributed by atoms with Crippen LogP contribution < -0.4 is 0 Å². The fourth-order valence-electron chi connectivity index (χ4n) is 4.46. The normalized spacial score (nSPS) is 20.9. The molecule has 0 amide bonds. The van der Waals surface area contributed by atoms with Crippen LogP contribution in [0.3, 0.4) is 0 Å². The molecular weight excluding hydrogens is 472 g/mol. The van der Waals surface area contributed by atoms with Crippen molar-refractivity contribution < 1.29 is 16.8 Å². The second kappa shape index (κ2) is 9.77. The lowest BCUT2D eigenvalue weighted by Gasteiger charge is -2.30. The highest BCUT2D eigenvalue weighted by Gasteiger charge is 2.39. The number of benzene rings is 2. The lowest BCUT2D eigenvalue weighted by atomic mass is 10.2. The highest BCUT2D eigenvalue weighted by Crippen LogP contribution is 2.26. The van der Waals surface area contributed by atoms with Crippen LogP contribution in [0.4, 0.5) is 0 Å². The van der Waals surface area contributed by atoms with Gasteiger partial charge in [0.25, 0.3) is 10.0 Å². The summed E-state index contributed by atoms with van der Waals surface area (Å²) in [6, 6.07) is 13.4. The molecule has 0 radical (unpaired) electrons. The zero-order valence-electron chi connectivity index (χ0n) is 19.9. The number of amidine groups is 1. The van der Waals surface area contributed by atoms with Gasteiger partial charge in [-0.25, -0.2) is 8.42 Å². The fourth-order valence-corrected chi connectivity index (χ4v) is 7.08. The second-order valence-electron chi connectivity index (χ2n) is 9.03. The minimum atomic E-state index is -3.94. The standard InChI is InChI=1S/C24H32N4O4S2/c1-19-6-10-22(11-7-19)33(29,30)25-24(18-26-14-4-5-15-26)27-16-17-28(21(27)3)34(31,32)23-12-8-20(2)9-13-23/h6-13,21H,4-5,14-18H2,1-3H3/b25-24-.